The Morgan fingerprint density at radius 3 is 2.36 bits per heavy atom. The molecule has 0 fully saturated rings. The van der Waals surface area contributed by atoms with Crippen LogP contribution < -0.4 is 14.8 Å². The van der Waals surface area contributed by atoms with Crippen LogP contribution in [0, 0.1) is 6.92 Å². The van der Waals surface area contributed by atoms with Crippen LogP contribution >= 0.6 is 0 Å². The summed E-state index contributed by atoms with van der Waals surface area (Å²) in [6.45, 7) is 5.09. The third-order valence-electron chi connectivity index (χ3n) is 4.05. The number of hydrogen-bond acceptors (Lipinski definition) is 5. The van der Waals surface area contributed by atoms with Gasteiger partial charge in [0.25, 0.3) is 10.0 Å². The first-order valence-corrected chi connectivity index (χ1v) is 10.2. The number of amides is 1. The molecular formula is C20H26N2O5S. The van der Waals surface area contributed by atoms with E-state index in [4.69, 9.17) is 4.74 Å². The van der Waals surface area contributed by atoms with Gasteiger partial charge in [-0.15, -0.1) is 0 Å². The number of aryl methyl sites for hydroxylation is 1. The van der Waals surface area contributed by atoms with Gasteiger partial charge in [0.1, 0.15) is 10.6 Å². The molecule has 0 heterocycles. The first-order valence-electron chi connectivity index (χ1n) is 8.74. The van der Waals surface area contributed by atoms with Gasteiger partial charge in [0.05, 0.1) is 25.7 Å². The second kappa shape index (κ2) is 8.62. The van der Waals surface area contributed by atoms with Crippen molar-refractivity contribution in [2.75, 3.05) is 18.4 Å². The Morgan fingerprint density at radius 2 is 1.79 bits per heavy atom. The van der Waals surface area contributed by atoms with Gasteiger partial charge in [-0.05, 0) is 56.2 Å². The number of carbonyl (C=O) groups is 1. The highest BCUT2D eigenvalue weighted by Gasteiger charge is 2.21. The number of benzene rings is 2. The van der Waals surface area contributed by atoms with Gasteiger partial charge in [0, 0.05) is 5.69 Å². The van der Waals surface area contributed by atoms with Crippen molar-refractivity contribution in [1.29, 1.82) is 0 Å². The standard InChI is InChI=1S/C20H26N2O5S/c1-14-5-10-17(27-4)18(11-14)28(25,26)22-16-8-6-15(7-9-16)12-19(24)21-20(2,3)13-23/h5-11,22-23H,12-13H2,1-4H3,(H,21,24). The quantitative estimate of drug-likeness (QED) is 0.624. The second-order valence-electron chi connectivity index (χ2n) is 7.22. The minimum atomic E-state index is -3.82. The summed E-state index contributed by atoms with van der Waals surface area (Å²) in [7, 11) is -2.41. The van der Waals surface area contributed by atoms with Crippen LogP contribution in [-0.2, 0) is 21.2 Å². The number of hydrogen-bond donors (Lipinski definition) is 3. The van der Waals surface area contributed by atoms with Crippen LogP contribution in [0.5, 0.6) is 5.75 Å². The minimum absolute atomic E-state index is 0.0599. The molecule has 0 aromatic heterocycles. The zero-order chi connectivity index (χ0) is 20.9. The molecule has 0 unspecified atom stereocenters. The molecule has 0 spiro atoms. The maximum Gasteiger partial charge on any atom is 0.265 e. The van der Waals surface area contributed by atoms with E-state index in [1.165, 1.54) is 7.11 Å². The summed E-state index contributed by atoms with van der Waals surface area (Å²) in [5.41, 5.74) is 1.21. The van der Waals surface area contributed by atoms with E-state index in [0.29, 0.717) is 5.69 Å². The fourth-order valence-corrected chi connectivity index (χ4v) is 3.85. The van der Waals surface area contributed by atoms with Crippen LogP contribution in [0.3, 0.4) is 0 Å². The second-order valence-corrected chi connectivity index (χ2v) is 8.87. The average Bonchev–Trinajstić information content (AvgIpc) is 2.62. The Balaban J connectivity index is 2.12. The van der Waals surface area contributed by atoms with Gasteiger partial charge in [0.2, 0.25) is 5.91 Å². The fraction of sp³-hybridized carbons (Fsp3) is 0.350. The Bertz CT molecular complexity index is 938. The maximum absolute atomic E-state index is 12.7. The molecule has 1 amide bonds. The van der Waals surface area contributed by atoms with Gasteiger partial charge in [-0.1, -0.05) is 18.2 Å². The lowest BCUT2D eigenvalue weighted by molar-refractivity contribution is -0.122. The summed E-state index contributed by atoms with van der Waals surface area (Å²) in [6.07, 6.45) is 0.127. The number of sulfonamides is 1. The number of aliphatic hydroxyl groups excluding tert-OH is 1. The predicted octanol–water partition coefficient (Wildman–Crippen LogP) is 2.23. The lowest BCUT2D eigenvalue weighted by Gasteiger charge is -2.23. The molecule has 0 atom stereocenters. The number of ether oxygens (including phenoxy) is 1. The van der Waals surface area contributed by atoms with Crippen LogP contribution in [0.15, 0.2) is 47.4 Å². The molecule has 0 radical (unpaired) electrons. The largest absolute Gasteiger partial charge is 0.495 e. The van der Waals surface area contributed by atoms with E-state index in [-0.39, 0.29) is 29.6 Å². The van der Waals surface area contributed by atoms with Crippen molar-refractivity contribution in [3.8, 4) is 5.75 Å². The predicted molar refractivity (Wildman–Crippen MR) is 108 cm³/mol. The lowest BCUT2D eigenvalue weighted by atomic mass is 10.1. The first kappa shape index (κ1) is 21.7. The summed E-state index contributed by atoms with van der Waals surface area (Å²) < 4.78 is 33.1. The van der Waals surface area contributed by atoms with E-state index < -0.39 is 15.6 Å². The zero-order valence-corrected chi connectivity index (χ0v) is 17.3. The molecule has 2 aromatic rings. The van der Waals surface area contributed by atoms with Crippen LogP contribution in [0.1, 0.15) is 25.0 Å². The average molecular weight is 407 g/mol. The Kier molecular flexibility index (Phi) is 6.69. The molecule has 0 saturated carbocycles. The lowest BCUT2D eigenvalue weighted by Crippen LogP contribution is -2.46. The van der Waals surface area contributed by atoms with Crippen molar-refractivity contribution in [3.05, 3.63) is 53.6 Å². The maximum atomic E-state index is 12.7. The summed E-state index contributed by atoms with van der Waals surface area (Å²) in [5.74, 6) is 0.0368. The van der Waals surface area contributed by atoms with Gasteiger partial charge in [-0.2, -0.15) is 0 Å². The molecule has 2 rings (SSSR count). The highest BCUT2D eigenvalue weighted by molar-refractivity contribution is 7.92. The normalized spacial score (nSPS) is 11.8. The van der Waals surface area contributed by atoms with Gasteiger partial charge >= 0.3 is 0 Å². The van der Waals surface area contributed by atoms with Gasteiger partial charge < -0.3 is 15.2 Å². The summed E-state index contributed by atoms with van der Waals surface area (Å²) in [5, 5.41) is 11.9. The Morgan fingerprint density at radius 1 is 1.14 bits per heavy atom. The number of rotatable bonds is 8. The van der Waals surface area contributed by atoms with Crippen LogP contribution in [-0.4, -0.2) is 38.7 Å². The molecule has 2 aromatic carbocycles. The first-order chi connectivity index (χ1) is 13.1. The molecule has 0 saturated heterocycles. The molecule has 7 nitrogen and oxygen atoms in total. The van der Waals surface area contributed by atoms with E-state index in [1.54, 1.807) is 63.2 Å². The third-order valence-corrected chi connectivity index (χ3v) is 5.46. The van der Waals surface area contributed by atoms with E-state index in [1.807, 2.05) is 0 Å². The SMILES string of the molecule is COc1ccc(C)cc1S(=O)(=O)Nc1ccc(CC(=O)NC(C)(C)CO)cc1. The number of methoxy groups -OCH3 is 1. The monoisotopic (exact) mass is 406 g/mol. The third kappa shape index (κ3) is 5.71. The van der Waals surface area contributed by atoms with Gasteiger partial charge in [0.15, 0.2) is 0 Å². The van der Waals surface area contributed by atoms with Crippen LogP contribution in [0.25, 0.3) is 0 Å². The zero-order valence-electron chi connectivity index (χ0n) is 16.4. The van der Waals surface area contributed by atoms with Gasteiger partial charge in [-0.3, -0.25) is 9.52 Å². The van der Waals surface area contributed by atoms with E-state index in [9.17, 15) is 18.3 Å². The van der Waals surface area contributed by atoms with Crippen molar-refractivity contribution in [1.82, 2.24) is 5.32 Å². The number of nitrogens with one attached hydrogen (secondary N) is 2. The molecule has 28 heavy (non-hydrogen) atoms. The molecule has 0 bridgehead atoms. The van der Waals surface area contributed by atoms with Crippen molar-refractivity contribution < 1.29 is 23.1 Å². The Labute approximate surface area is 165 Å². The van der Waals surface area contributed by atoms with Crippen molar-refractivity contribution in [2.45, 2.75) is 37.6 Å². The number of aliphatic hydroxyl groups is 1. The molecule has 0 aliphatic heterocycles. The summed E-state index contributed by atoms with van der Waals surface area (Å²) in [6, 6.07) is 11.5. The van der Waals surface area contributed by atoms with E-state index in [0.717, 1.165) is 11.1 Å². The van der Waals surface area contributed by atoms with Crippen molar-refractivity contribution >= 4 is 21.6 Å². The molecule has 3 N–H and O–H groups in total. The Hall–Kier alpha value is -2.58. The van der Waals surface area contributed by atoms with Gasteiger partial charge in [-0.25, -0.2) is 8.42 Å². The summed E-state index contributed by atoms with van der Waals surface area (Å²) in [4.78, 5) is 12.1. The smallest absolute Gasteiger partial charge is 0.265 e. The molecule has 152 valence electrons. The highest BCUT2D eigenvalue weighted by Crippen LogP contribution is 2.27. The van der Waals surface area contributed by atoms with Crippen molar-refractivity contribution in [2.24, 2.45) is 0 Å². The topological polar surface area (TPSA) is 105 Å². The highest BCUT2D eigenvalue weighted by atomic mass is 32.2. The molecule has 0 aliphatic carbocycles. The molecule has 8 heteroatoms. The fourth-order valence-electron chi connectivity index (χ4n) is 2.54. The molecular weight excluding hydrogens is 380 g/mol. The molecule has 0 aliphatic rings. The summed E-state index contributed by atoms with van der Waals surface area (Å²) >= 11 is 0. The number of carbonyl (C=O) groups excluding carboxylic acids is 1. The van der Waals surface area contributed by atoms with E-state index >= 15 is 0 Å². The van der Waals surface area contributed by atoms with Crippen molar-refractivity contribution in [3.63, 3.8) is 0 Å². The minimum Gasteiger partial charge on any atom is -0.495 e. The van der Waals surface area contributed by atoms with Crippen LogP contribution in [0.4, 0.5) is 5.69 Å². The number of anilines is 1. The van der Waals surface area contributed by atoms with E-state index in [2.05, 4.69) is 10.0 Å². The van der Waals surface area contributed by atoms with Crippen LogP contribution in [0.2, 0.25) is 0 Å².